The van der Waals surface area contributed by atoms with Gasteiger partial charge >= 0.3 is 5.97 Å². The van der Waals surface area contributed by atoms with Crippen LogP contribution < -0.4 is 4.90 Å². The van der Waals surface area contributed by atoms with Crippen LogP contribution in [0.5, 0.6) is 0 Å². The predicted molar refractivity (Wildman–Crippen MR) is 102 cm³/mol. The van der Waals surface area contributed by atoms with Crippen LogP contribution in [-0.4, -0.2) is 47.7 Å². The highest BCUT2D eigenvalue weighted by atomic mass is 32.2. The van der Waals surface area contributed by atoms with E-state index in [4.69, 9.17) is 5.11 Å². The zero-order chi connectivity index (χ0) is 18.7. The average molecular weight is 374 g/mol. The van der Waals surface area contributed by atoms with Crippen molar-refractivity contribution in [3.05, 3.63) is 54.3 Å². The van der Waals surface area contributed by atoms with E-state index in [2.05, 4.69) is 30.9 Å². The Labute approximate surface area is 157 Å². The summed E-state index contributed by atoms with van der Waals surface area (Å²) in [4.78, 5) is 17.5. The van der Waals surface area contributed by atoms with Gasteiger partial charge in [-0.05, 0) is 50.2 Å². The van der Waals surface area contributed by atoms with E-state index in [9.17, 15) is 9.18 Å². The first-order valence-corrected chi connectivity index (χ1v) is 9.50. The maximum Gasteiger partial charge on any atom is 0.317 e. The highest BCUT2D eigenvalue weighted by Crippen LogP contribution is 2.37. The number of hydrogen-bond acceptors (Lipinski definition) is 4. The summed E-state index contributed by atoms with van der Waals surface area (Å²) in [6.07, 6.45) is 0. The van der Waals surface area contributed by atoms with Crippen molar-refractivity contribution in [2.45, 2.75) is 35.7 Å². The molecule has 4 nitrogen and oxygen atoms in total. The molecule has 1 fully saturated rings. The Hall–Kier alpha value is -2.05. The minimum atomic E-state index is -0.787. The standard InChI is InChI=1S/C20H23FN2O2S/c1-14-12-23(15(2)11-22(14)13-20(24)25)18-5-3-4-6-19(18)26-17-9-7-16(21)8-10-17/h3-10,14-15H,11-13H2,1-2H3,(H,24,25)/t14-,15+/m1/s1. The Balaban J connectivity index is 1.81. The van der Waals surface area contributed by atoms with Gasteiger partial charge in [-0.25, -0.2) is 4.39 Å². The fraction of sp³-hybridized carbons (Fsp3) is 0.350. The Morgan fingerprint density at radius 2 is 1.81 bits per heavy atom. The molecule has 2 aromatic carbocycles. The molecular weight excluding hydrogens is 351 g/mol. The molecule has 1 aliphatic heterocycles. The van der Waals surface area contributed by atoms with Crippen LogP contribution in [0.2, 0.25) is 0 Å². The monoisotopic (exact) mass is 374 g/mol. The molecule has 0 saturated carbocycles. The Morgan fingerprint density at radius 1 is 1.12 bits per heavy atom. The molecule has 0 amide bonds. The summed E-state index contributed by atoms with van der Waals surface area (Å²) < 4.78 is 13.2. The number of benzene rings is 2. The molecule has 138 valence electrons. The van der Waals surface area contributed by atoms with Gasteiger partial charge in [0.05, 0.1) is 12.2 Å². The lowest BCUT2D eigenvalue weighted by Gasteiger charge is -2.45. The van der Waals surface area contributed by atoms with Gasteiger partial charge < -0.3 is 10.0 Å². The lowest BCUT2D eigenvalue weighted by molar-refractivity contribution is -0.139. The lowest BCUT2D eigenvalue weighted by atomic mass is 10.1. The summed E-state index contributed by atoms with van der Waals surface area (Å²) in [5, 5.41) is 9.10. The molecule has 1 N–H and O–H groups in total. The number of hydrogen-bond donors (Lipinski definition) is 1. The van der Waals surface area contributed by atoms with Crippen LogP contribution in [0, 0.1) is 5.82 Å². The molecule has 0 bridgehead atoms. The number of aliphatic carboxylic acids is 1. The molecule has 0 spiro atoms. The molecule has 2 aromatic rings. The smallest absolute Gasteiger partial charge is 0.317 e. The molecule has 2 atom stereocenters. The summed E-state index contributed by atoms with van der Waals surface area (Å²) in [6, 6.07) is 15.1. The number of anilines is 1. The van der Waals surface area contributed by atoms with Crippen molar-refractivity contribution < 1.29 is 14.3 Å². The van der Waals surface area contributed by atoms with Crippen molar-refractivity contribution in [3.8, 4) is 0 Å². The second kappa shape index (κ2) is 8.10. The van der Waals surface area contributed by atoms with Crippen LogP contribution in [0.25, 0.3) is 0 Å². The Bertz CT molecular complexity index is 769. The van der Waals surface area contributed by atoms with E-state index in [1.165, 1.54) is 12.1 Å². The molecule has 1 heterocycles. The fourth-order valence-electron chi connectivity index (χ4n) is 3.34. The number of para-hydroxylation sites is 1. The van der Waals surface area contributed by atoms with E-state index in [0.717, 1.165) is 22.0 Å². The van der Waals surface area contributed by atoms with Crippen molar-refractivity contribution >= 4 is 23.4 Å². The van der Waals surface area contributed by atoms with Crippen LogP contribution in [-0.2, 0) is 4.79 Å². The van der Waals surface area contributed by atoms with Crippen LogP contribution in [0.15, 0.2) is 58.3 Å². The molecular formula is C20H23FN2O2S. The first-order valence-electron chi connectivity index (χ1n) is 8.69. The predicted octanol–water partition coefficient (Wildman–Crippen LogP) is 3.96. The first kappa shape index (κ1) is 18.7. The van der Waals surface area contributed by atoms with Crippen LogP contribution in [0.3, 0.4) is 0 Å². The molecule has 1 aliphatic rings. The summed E-state index contributed by atoms with van der Waals surface area (Å²) in [7, 11) is 0. The fourth-order valence-corrected chi connectivity index (χ4v) is 4.30. The maximum absolute atomic E-state index is 13.2. The molecule has 3 rings (SSSR count). The summed E-state index contributed by atoms with van der Waals surface area (Å²) in [5.74, 6) is -1.02. The van der Waals surface area contributed by atoms with Gasteiger partial charge in [0.15, 0.2) is 0 Å². The molecule has 26 heavy (non-hydrogen) atoms. The maximum atomic E-state index is 13.2. The van der Waals surface area contributed by atoms with E-state index < -0.39 is 5.97 Å². The van der Waals surface area contributed by atoms with Gasteiger partial charge in [0, 0.05) is 35.0 Å². The third-order valence-electron chi connectivity index (χ3n) is 4.67. The average Bonchev–Trinajstić information content (AvgIpc) is 2.60. The topological polar surface area (TPSA) is 43.8 Å². The van der Waals surface area contributed by atoms with Gasteiger partial charge in [0.25, 0.3) is 0 Å². The van der Waals surface area contributed by atoms with Crippen LogP contribution >= 0.6 is 11.8 Å². The number of rotatable bonds is 5. The van der Waals surface area contributed by atoms with Gasteiger partial charge in [-0.2, -0.15) is 0 Å². The number of carboxylic acids is 1. The summed E-state index contributed by atoms with van der Waals surface area (Å²) >= 11 is 1.62. The van der Waals surface area contributed by atoms with Gasteiger partial charge in [-0.1, -0.05) is 23.9 Å². The van der Waals surface area contributed by atoms with Gasteiger partial charge in [0.2, 0.25) is 0 Å². The summed E-state index contributed by atoms with van der Waals surface area (Å²) in [6.45, 7) is 5.75. The largest absolute Gasteiger partial charge is 0.480 e. The second-order valence-corrected chi connectivity index (χ2v) is 7.81. The van der Waals surface area contributed by atoms with E-state index >= 15 is 0 Å². The number of halogens is 1. The van der Waals surface area contributed by atoms with E-state index in [-0.39, 0.29) is 24.4 Å². The van der Waals surface area contributed by atoms with E-state index in [1.54, 1.807) is 23.9 Å². The third kappa shape index (κ3) is 4.37. The highest BCUT2D eigenvalue weighted by Gasteiger charge is 2.31. The quantitative estimate of drug-likeness (QED) is 0.858. The van der Waals surface area contributed by atoms with Gasteiger partial charge in [-0.3, -0.25) is 9.69 Å². The highest BCUT2D eigenvalue weighted by molar-refractivity contribution is 7.99. The Kier molecular flexibility index (Phi) is 5.84. The Morgan fingerprint density at radius 3 is 2.50 bits per heavy atom. The molecule has 0 radical (unpaired) electrons. The number of nitrogens with zero attached hydrogens (tertiary/aromatic N) is 2. The van der Waals surface area contributed by atoms with Gasteiger partial charge in [-0.15, -0.1) is 0 Å². The zero-order valence-corrected chi connectivity index (χ0v) is 15.7. The van der Waals surface area contributed by atoms with Crippen molar-refractivity contribution in [1.29, 1.82) is 0 Å². The van der Waals surface area contributed by atoms with Crippen molar-refractivity contribution in [2.75, 3.05) is 24.5 Å². The van der Waals surface area contributed by atoms with Crippen molar-refractivity contribution in [2.24, 2.45) is 0 Å². The minimum absolute atomic E-state index is 0.0747. The first-order chi connectivity index (χ1) is 12.4. The summed E-state index contributed by atoms with van der Waals surface area (Å²) in [5.41, 5.74) is 1.14. The normalized spacial score (nSPS) is 21.0. The van der Waals surface area contributed by atoms with Crippen molar-refractivity contribution in [3.63, 3.8) is 0 Å². The van der Waals surface area contributed by atoms with E-state index in [1.807, 2.05) is 17.0 Å². The van der Waals surface area contributed by atoms with Gasteiger partial charge in [0.1, 0.15) is 5.82 Å². The van der Waals surface area contributed by atoms with Crippen LogP contribution in [0.4, 0.5) is 10.1 Å². The van der Waals surface area contributed by atoms with Crippen LogP contribution in [0.1, 0.15) is 13.8 Å². The van der Waals surface area contributed by atoms with E-state index in [0.29, 0.717) is 6.54 Å². The molecule has 0 aliphatic carbocycles. The number of carbonyl (C=O) groups is 1. The minimum Gasteiger partial charge on any atom is -0.480 e. The third-order valence-corrected chi connectivity index (χ3v) is 5.74. The molecule has 0 aromatic heterocycles. The second-order valence-electron chi connectivity index (χ2n) is 6.70. The zero-order valence-electron chi connectivity index (χ0n) is 14.9. The lowest BCUT2D eigenvalue weighted by Crippen LogP contribution is -2.57. The number of piperazine rings is 1. The molecule has 1 saturated heterocycles. The molecule has 0 unspecified atom stereocenters. The van der Waals surface area contributed by atoms with Crippen molar-refractivity contribution in [1.82, 2.24) is 4.90 Å². The molecule has 6 heteroatoms. The number of carboxylic acid groups (broad SMARTS) is 1. The SMILES string of the molecule is C[C@@H]1CN(c2ccccc2Sc2ccc(F)cc2)[C@@H](C)CN1CC(=O)O.